The molecule has 8 nitrogen and oxygen atoms in total. The standard InChI is InChI=1S/C74H54O8/c1-45(2)69(75)79-57-37-31-53(32-38-57)73(65-19-11-7-15-61(65)62-16-8-12-20-66(62)73)54-33-39-58(40-34-54)80-71(77)47(5)23-24-48(6)72(78)82-60-36-28-50-42-56(30-26-52(50)44-60)74(67-21-13-9-17-63(67)64-18-10-14-22-68(64)74)55-29-25-51-43-59(35-27-49(51)41-55)81-70(76)46(3)4/h7-44H,1,3H2,2,4-6H3/b47-23+,48-24-. The number of ether oxygens (including phenoxy) is 4. The molecule has 0 heterocycles. The Morgan fingerprint density at radius 1 is 0.317 bits per heavy atom. The van der Waals surface area contributed by atoms with Crippen LogP contribution in [-0.4, -0.2) is 23.9 Å². The molecule has 0 saturated heterocycles. The summed E-state index contributed by atoms with van der Waals surface area (Å²) in [5.74, 6) is -0.506. The van der Waals surface area contributed by atoms with Gasteiger partial charge in [0, 0.05) is 22.3 Å². The summed E-state index contributed by atoms with van der Waals surface area (Å²) in [4.78, 5) is 51.9. The molecule has 10 aromatic carbocycles. The fourth-order valence-electron chi connectivity index (χ4n) is 11.8. The maximum atomic E-state index is 13.6. The Morgan fingerprint density at radius 3 is 0.951 bits per heavy atom. The van der Waals surface area contributed by atoms with Crippen LogP contribution in [0.5, 0.6) is 23.0 Å². The molecule has 2 aliphatic carbocycles. The minimum absolute atomic E-state index is 0.282. The van der Waals surface area contributed by atoms with Gasteiger partial charge in [0.1, 0.15) is 23.0 Å². The Morgan fingerprint density at radius 2 is 0.585 bits per heavy atom. The highest BCUT2D eigenvalue weighted by atomic mass is 16.5. The maximum absolute atomic E-state index is 13.6. The summed E-state index contributed by atoms with van der Waals surface area (Å²) in [5.41, 5.74) is 12.9. The Hall–Kier alpha value is -10.4. The van der Waals surface area contributed by atoms with Gasteiger partial charge in [-0.15, -0.1) is 0 Å². The Balaban J connectivity index is 0.776. The molecule has 0 atom stereocenters. The van der Waals surface area contributed by atoms with Gasteiger partial charge in [-0.3, -0.25) is 0 Å². The van der Waals surface area contributed by atoms with E-state index in [0.717, 1.165) is 77.2 Å². The molecule has 398 valence electrons. The topological polar surface area (TPSA) is 105 Å². The lowest BCUT2D eigenvalue weighted by Crippen LogP contribution is -2.28. The molecule has 0 bridgehead atoms. The van der Waals surface area contributed by atoms with Crippen molar-refractivity contribution < 1.29 is 38.1 Å². The highest BCUT2D eigenvalue weighted by Crippen LogP contribution is 2.58. The SMILES string of the molecule is C=C(C)C(=O)Oc1ccc(C2(c3ccc(OC(=O)/C(C)=C/C=C(/C)C(=O)Oc4ccc5cc(C6(c7ccc8cc(OC(=O)C(=C)C)ccc8c7)c7ccccc7-c7ccccc76)ccc5c4)cc3)c3ccccc3-c3ccccc32)cc1. The molecule has 0 aliphatic heterocycles. The zero-order valence-corrected chi connectivity index (χ0v) is 45.6. The molecule has 0 spiro atoms. The van der Waals surface area contributed by atoms with E-state index in [-0.39, 0.29) is 11.1 Å². The van der Waals surface area contributed by atoms with E-state index in [0.29, 0.717) is 34.1 Å². The first-order valence-corrected chi connectivity index (χ1v) is 27.0. The van der Waals surface area contributed by atoms with Gasteiger partial charge in [-0.25, -0.2) is 19.2 Å². The smallest absolute Gasteiger partial charge is 0.339 e. The number of fused-ring (bicyclic) bond motifs is 8. The highest BCUT2D eigenvalue weighted by Gasteiger charge is 2.47. The van der Waals surface area contributed by atoms with E-state index in [2.05, 4.69) is 122 Å². The summed E-state index contributed by atoms with van der Waals surface area (Å²) >= 11 is 0. The van der Waals surface area contributed by atoms with Crippen molar-refractivity contribution in [2.45, 2.75) is 38.5 Å². The van der Waals surface area contributed by atoms with Crippen molar-refractivity contribution >= 4 is 45.4 Å². The average molecular weight is 1070 g/mol. The van der Waals surface area contributed by atoms with E-state index in [9.17, 15) is 19.2 Å². The van der Waals surface area contributed by atoms with Crippen LogP contribution in [0.25, 0.3) is 43.8 Å². The van der Waals surface area contributed by atoms with Gasteiger partial charge in [-0.05, 0) is 177 Å². The van der Waals surface area contributed by atoms with Crippen LogP contribution in [0.2, 0.25) is 0 Å². The number of carbonyl (C=O) groups excluding carboxylic acids is 4. The predicted molar refractivity (Wildman–Crippen MR) is 322 cm³/mol. The van der Waals surface area contributed by atoms with Gasteiger partial charge in [-0.1, -0.05) is 183 Å². The monoisotopic (exact) mass is 1070 g/mol. The van der Waals surface area contributed by atoms with Crippen LogP contribution in [0.1, 0.15) is 72.2 Å². The molecular weight excluding hydrogens is 1020 g/mol. The molecule has 10 aromatic rings. The molecule has 0 saturated carbocycles. The number of benzene rings is 10. The van der Waals surface area contributed by atoms with E-state index < -0.39 is 34.7 Å². The highest BCUT2D eigenvalue weighted by molar-refractivity contribution is 5.96. The van der Waals surface area contributed by atoms with Crippen LogP contribution in [0, 0.1) is 0 Å². The van der Waals surface area contributed by atoms with Crippen LogP contribution in [0.15, 0.2) is 266 Å². The predicted octanol–water partition coefficient (Wildman–Crippen LogP) is 16.1. The number of esters is 4. The first-order chi connectivity index (χ1) is 39.7. The number of carbonyl (C=O) groups is 4. The van der Waals surface area contributed by atoms with Gasteiger partial charge in [0.25, 0.3) is 0 Å². The van der Waals surface area contributed by atoms with Crippen molar-refractivity contribution in [3.05, 3.63) is 310 Å². The third-order valence-electron chi connectivity index (χ3n) is 15.7. The summed E-state index contributed by atoms with van der Waals surface area (Å²) in [7, 11) is 0. The van der Waals surface area contributed by atoms with Crippen LogP contribution < -0.4 is 18.9 Å². The summed E-state index contributed by atoms with van der Waals surface area (Å²) in [6.45, 7) is 13.9. The van der Waals surface area contributed by atoms with Gasteiger partial charge >= 0.3 is 23.9 Å². The molecule has 0 unspecified atom stereocenters. The van der Waals surface area contributed by atoms with Gasteiger partial charge in [0.15, 0.2) is 0 Å². The summed E-state index contributed by atoms with van der Waals surface area (Å²) in [6, 6.07) is 73.1. The summed E-state index contributed by atoms with van der Waals surface area (Å²) < 4.78 is 22.9. The first kappa shape index (κ1) is 52.3. The van der Waals surface area contributed by atoms with Crippen molar-refractivity contribution in [3.63, 3.8) is 0 Å². The van der Waals surface area contributed by atoms with Crippen molar-refractivity contribution in [3.8, 4) is 45.3 Å². The molecule has 12 rings (SSSR count). The van der Waals surface area contributed by atoms with Crippen molar-refractivity contribution in [1.82, 2.24) is 0 Å². The third-order valence-corrected chi connectivity index (χ3v) is 15.7. The van der Waals surface area contributed by atoms with E-state index in [4.69, 9.17) is 18.9 Å². The second-order valence-electron chi connectivity index (χ2n) is 21.0. The van der Waals surface area contributed by atoms with Crippen LogP contribution in [0.3, 0.4) is 0 Å². The number of allylic oxidation sites excluding steroid dienone is 2. The molecule has 0 amide bonds. The number of rotatable bonds is 13. The second kappa shape index (κ2) is 21.0. The quantitative estimate of drug-likeness (QED) is 0.0487. The minimum atomic E-state index is -0.741. The molecule has 8 heteroatoms. The second-order valence-corrected chi connectivity index (χ2v) is 21.0. The molecule has 0 N–H and O–H groups in total. The Labute approximate surface area is 475 Å². The fourth-order valence-corrected chi connectivity index (χ4v) is 11.8. The Bertz CT molecular complexity index is 4290. The van der Waals surface area contributed by atoms with E-state index in [1.807, 2.05) is 78.9 Å². The number of hydrogen-bond donors (Lipinski definition) is 0. The largest absolute Gasteiger partial charge is 0.423 e. The van der Waals surface area contributed by atoms with Crippen LogP contribution >= 0.6 is 0 Å². The average Bonchev–Trinajstić information content (AvgIpc) is 3.70. The van der Waals surface area contributed by atoms with E-state index in [1.165, 1.54) is 11.1 Å². The van der Waals surface area contributed by atoms with Crippen molar-refractivity contribution in [1.29, 1.82) is 0 Å². The lowest BCUT2D eigenvalue weighted by molar-refractivity contribution is -0.131. The zero-order valence-electron chi connectivity index (χ0n) is 45.6. The normalized spacial score (nSPS) is 13.5. The van der Waals surface area contributed by atoms with Gasteiger partial charge in [0.2, 0.25) is 0 Å². The molecule has 0 fully saturated rings. The third kappa shape index (κ3) is 9.00. The molecule has 2 aliphatic rings. The van der Waals surface area contributed by atoms with Crippen molar-refractivity contribution in [2.75, 3.05) is 0 Å². The van der Waals surface area contributed by atoms with Crippen LogP contribution in [-0.2, 0) is 30.0 Å². The van der Waals surface area contributed by atoms with Crippen LogP contribution in [0.4, 0.5) is 0 Å². The summed E-state index contributed by atoms with van der Waals surface area (Å²) in [5, 5.41) is 3.78. The maximum Gasteiger partial charge on any atom is 0.339 e. The summed E-state index contributed by atoms with van der Waals surface area (Å²) in [6.07, 6.45) is 3.11. The molecule has 0 aromatic heterocycles. The lowest BCUT2D eigenvalue weighted by Gasteiger charge is -2.34. The fraction of sp³-hybridized carbons (Fsp3) is 0.0811. The molecule has 82 heavy (non-hydrogen) atoms. The first-order valence-electron chi connectivity index (χ1n) is 27.0. The van der Waals surface area contributed by atoms with Gasteiger partial charge < -0.3 is 18.9 Å². The van der Waals surface area contributed by atoms with Gasteiger partial charge in [0.05, 0.1) is 10.8 Å². The van der Waals surface area contributed by atoms with Gasteiger partial charge in [-0.2, -0.15) is 0 Å². The van der Waals surface area contributed by atoms with Crippen molar-refractivity contribution in [2.24, 2.45) is 0 Å². The number of hydrogen-bond acceptors (Lipinski definition) is 8. The molecular formula is C74H54O8. The van der Waals surface area contributed by atoms with E-state index >= 15 is 0 Å². The Kier molecular flexibility index (Phi) is 13.4. The lowest BCUT2D eigenvalue weighted by atomic mass is 9.67. The van der Waals surface area contributed by atoms with E-state index in [1.54, 1.807) is 70.2 Å². The zero-order chi connectivity index (χ0) is 56.9. The molecule has 0 radical (unpaired) electrons. The minimum Gasteiger partial charge on any atom is -0.423 e.